The van der Waals surface area contributed by atoms with E-state index in [1.165, 1.54) is 0 Å². The molecule has 0 aliphatic carbocycles. The molecular formula is C10H15N2Si. The van der Waals surface area contributed by atoms with Crippen LogP contribution in [0.25, 0.3) is 0 Å². The lowest BCUT2D eigenvalue weighted by Gasteiger charge is -2.14. The van der Waals surface area contributed by atoms with Gasteiger partial charge in [-0.15, -0.1) is 0 Å². The van der Waals surface area contributed by atoms with Crippen LogP contribution in [0, 0.1) is 0 Å². The van der Waals surface area contributed by atoms with Crippen LogP contribution in [-0.4, -0.2) is 23.3 Å². The Labute approximate surface area is 83.2 Å². The summed E-state index contributed by atoms with van der Waals surface area (Å²) in [5.41, 5.74) is 2.29. The average Bonchev–Trinajstić information content (AvgIpc) is 2.11. The summed E-state index contributed by atoms with van der Waals surface area (Å²) < 4.78 is 0. The summed E-state index contributed by atoms with van der Waals surface area (Å²) in [5.74, 6) is 0. The molecule has 0 saturated heterocycles. The molecule has 0 atom stereocenters. The predicted octanol–water partition coefficient (Wildman–Crippen LogP) is 1.34. The van der Waals surface area contributed by atoms with Crippen LogP contribution in [-0.2, 0) is 0 Å². The highest BCUT2D eigenvalue weighted by molar-refractivity contribution is 6.36. The van der Waals surface area contributed by atoms with Gasteiger partial charge in [0.2, 0.25) is 0 Å². The van der Waals surface area contributed by atoms with E-state index in [-0.39, 0.29) is 0 Å². The molecule has 13 heavy (non-hydrogen) atoms. The molecule has 0 heterocycles. The Hall–Kier alpha value is -0.963. The topological polar surface area (TPSA) is 24.1 Å². The van der Waals surface area contributed by atoms with E-state index >= 15 is 0 Å². The standard InChI is InChI=1S/C10H15N2Si/c1-3-11-8-6-5-7-9(13)10(8)12-4-2/h5-7,11-12H,3-4H2,1-2H3. The molecule has 3 radical (unpaired) electrons. The molecule has 1 aromatic rings. The SMILES string of the molecule is CCNc1cccc([Si])c1NCC. The van der Waals surface area contributed by atoms with E-state index in [1.54, 1.807) is 0 Å². The minimum atomic E-state index is 0.930. The van der Waals surface area contributed by atoms with Gasteiger partial charge < -0.3 is 10.6 Å². The van der Waals surface area contributed by atoms with E-state index in [4.69, 9.17) is 0 Å². The Morgan fingerprint density at radius 3 is 2.46 bits per heavy atom. The van der Waals surface area contributed by atoms with Gasteiger partial charge in [-0.05, 0) is 25.1 Å². The zero-order chi connectivity index (χ0) is 9.68. The maximum atomic E-state index is 3.57. The monoisotopic (exact) mass is 191 g/mol. The second kappa shape index (κ2) is 4.92. The first-order valence-corrected chi connectivity index (χ1v) is 5.12. The van der Waals surface area contributed by atoms with Crippen molar-refractivity contribution in [3.05, 3.63) is 18.2 Å². The van der Waals surface area contributed by atoms with Gasteiger partial charge in [0.15, 0.2) is 0 Å². The van der Waals surface area contributed by atoms with E-state index in [0.717, 1.165) is 29.7 Å². The fourth-order valence-corrected chi connectivity index (χ4v) is 1.58. The fraction of sp³-hybridized carbons (Fsp3) is 0.400. The van der Waals surface area contributed by atoms with Crippen molar-refractivity contribution in [1.82, 2.24) is 0 Å². The number of para-hydroxylation sites is 1. The lowest BCUT2D eigenvalue weighted by atomic mass is 10.2. The number of anilines is 2. The fourth-order valence-electron chi connectivity index (χ4n) is 1.26. The number of hydrogen-bond acceptors (Lipinski definition) is 2. The van der Waals surface area contributed by atoms with Gasteiger partial charge in [0.05, 0.1) is 21.6 Å². The van der Waals surface area contributed by atoms with Gasteiger partial charge in [-0.2, -0.15) is 0 Å². The van der Waals surface area contributed by atoms with E-state index in [2.05, 4.69) is 40.8 Å². The van der Waals surface area contributed by atoms with Crippen molar-refractivity contribution in [3.63, 3.8) is 0 Å². The Bertz CT molecular complexity index is 274. The minimum Gasteiger partial charge on any atom is -0.384 e. The third-order valence-electron chi connectivity index (χ3n) is 1.79. The normalized spacial score (nSPS) is 9.77. The molecular weight excluding hydrogens is 176 g/mol. The van der Waals surface area contributed by atoms with Crippen LogP contribution in [0.15, 0.2) is 18.2 Å². The van der Waals surface area contributed by atoms with Crippen LogP contribution < -0.4 is 15.8 Å². The van der Waals surface area contributed by atoms with Crippen molar-refractivity contribution < 1.29 is 0 Å². The van der Waals surface area contributed by atoms with Crippen molar-refractivity contribution in [1.29, 1.82) is 0 Å². The third-order valence-corrected chi connectivity index (χ3v) is 2.20. The highest BCUT2D eigenvalue weighted by Gasteiger charge is 2.01. The van der Waals surface area contributed by atoms with E-state index in [1.807, 2.05) is 12.1 Å². The van der Waals surface area contributed by atoms with Gasteiger partial charge in [0.25, 0.3) is 0 Å². The van der Waals surface area contributed by atoms with E-state index in [9.17, 15) is 0 Å². The van der Waals surface area contributed by atoms with Gasteiger partial charge in [0.1, 0.15) is 0 Å². The largest absolute Gasteiger partial charge is 0.384 e. The average molecular weight is 191 g/mol. The van der Waals surface area contributed by atoms with Crippen LogP contribution in [0.1, 0.15) is 13.8 Å². The first-order chi connectivity index (χ1) is 6.29. The number of rotatable bonds is 4. The van der Waals surface area contributed by atoms with Gasteiger partial charge in [-0.25, -0.2) is 0 Å². The maximum absolute atomic E-state index is 3.57. The molecule has 2 N–H and O–H groups in total. The first kappa shape index (κ1) is 10.1. The lowest BCUT2D eigenvalue weighted by molar-refractivity contribution is 1.18. The Kier molecular flexibility index (Phi) is 3.83. The molecule has 0 unspecified atom stereocenters. The third kappa shape index (κ3) is 2.49. The van der Waals surface area contributed by atoms with Crippen molar-refractivity contribution in [2.75, 3.05) is 23.7 Å². The van der Waals surface area contributed by atoms with Crippen molar-refractivity contribution in [2.24, 2.45) is 0 Å². The van der Waals surface area contributed by atoms with E-state index < -0.39 is 0 Å². The molecule has 1 aromatic carbocycles. The lowest BCUT2D eigenvalue weighted by Crippen LogP contribution is -2.15. The minimum absolute atomic E-state index is 0.930. The molecule has 69 valence electrons. The van der Waals surface area contributed by atoms with Crippen molar-refractivity contribution >= 4 is 26.8 Å². The Morgan fingerprint density at radius 2 is 1.85 bits per heavy atom. The first-order valence-electron chi connectivity index (χ1n) is 4.62. The molecule has 0 bridgehead atoms. The molecule has 3 heteroatoms. The summed E-state index contributed by atoms with van der Waals surface area (Å²) in [6.45, 7) is 6.05. The zero-order valence-electron chi connectivity index (χ0n) is 8.15. The smallest absolute Gasteiger partial charge is 0.0742 e. The second-order valence-electron chi connectivity index (χ2n) is 2.79. The number of benzene rings is 1. The van der Waals surface area contributed by atoms with Gasteiger partial charge in [0, 0.05) is 13.1 Å². The highest BCUT2D eigenvalue weighted by atomic mass is 28.1. The molecule has 1 rings (SSSR count). The molecule has 0 spiro atoms. The summed E-state index contributed by atoms with van der Waals surface area (Å²) in [5, 5.41) is 7.72. The zero-order valence-corrected chi connectivity index (χ0v) is 9.15. The quantitative estimate of drug-likeness (QED) is 0.702. The molecule has 0 saturated carbocycles. The van der Waals surface area contributed by atoms with Gasteiger partial charge in [-0.3, -0.25) is 0 Å². The van der Waals surface area contributed by atoms with Gasteiger partial charge in [-0.1, -0.05) is 12.1 Å². The highest BCUT2D eigenvalue weighted by Crippen LogP contribution is 2.17. The van der Waals surface area contributed by atoms with Crippen LogP contribution in [0.2, 0.25) is 0 Å². The number of nitrogens with one attached hydrogen (secondary N) is 2. The summed E-state index contributed by atoms with van der Waals surface area (Å²) >= 11 is 0. The van der Waals surface area contributed by atoms with E-state index in [0.29, 0.717) is 0 Å². The molecule has 0 fully saturated rings. The molecule has 0 aliphatic heterocycles. The number of hydrogen-bond donors (Lipinski definition) is 2. The summed E-state index contributed by atoms with van der Waals surface area (Å²) in [4.78, 5) is 0. The Balaban J connectivity index is 2.95. The summed E-state index contributed by atoms with van der Waals surface area (Å²) in [6.07, 6.45) is 0. The predicted molar refractivity (Wildman–Crippen MR) is 60.2 cm³/mol. The molecule has 0 aromatic heterocycles. The maximum Gasteiger partial charge on any atom is 0.0742 e. The van der Waals surface area contributed by atoms with Crippen LogP contribution >= 0.6 is 0 Å². The molecule has 2 nitrogen and oxygen atoms in total. The van der Waals surface area contributed by atoms with Crippen LogP contribution in [0.3, 0.4) is 0 Å². The Morgan fingerprint density at radius 1 is 1.15 bits per heavy atom. The molecule has 0 aliphatic rings. The summed E-state index contributed by atoms with van der Waals surface area (Å²) in [6, 6.07) is 6.14. The van der Waals surface area contributed by atoms with Crippen LogP contribution in [0.5, 0.6) is 0 Å². The van der Waals surface area contributed by atoms with Crippen molar-refractivity contribution in [2.45, 2.75) is 13.8 Å². The van der Waals surface area contributed by atoms with Crippen molar-refractivity contribution in [3.8, 4) is 0 Å². The van der Waals surface area contributed by atoms with Crippen LogP contribution in [0.4, 0.5) is 11.4 Å². The summed E-state index contributed by atoms with van der Waals surface area (Å²) in [7, 11) is 3.57. The second-order valence-corrected chi connectivity index (χ2v) is 3.33. The molecule has 0 amide bonds. The van der Waals surface area contributed by atoms with Gasteiger partial charge >= 0.3 is 0 Å².